The Balaban J connectivity index is 2.30. The van der Waals surface area contributed by atoms with Crippen molar-refractivity contribution in [3.05, 3.63) is 11.8 Å². The number of aliphatic hydroxyl groups is 1. The Kier molecular flexibility index (Phi) is 4.78. The van der Waals surface area contributed by atoms with Gasteiger partial charge in [-0.05, 0) is 26.7 Å². The van der Waals surface area contributed by atoms with Crippen LogP contribution in [0.3, 0.4) is 0 Å². The minimum atomic E-state index is -0.321. The lowest BCUT2D eigenvalue weighted by Gasteiger charge is -2.12. The molecule has 0 aliphatic heterocycles. The molecule has 0 spiro atoms. The summed E-state index contributed by atoms with van der Waals surface area (Å²) in [6.45, 7) is 3.76. The van der Waals surface area contributed by atoms with Crippen LogP contribution >= 0.6 is 0 Å². The molecule has 0 aliphatic carbocycles. The first kappa shape index (κ1) is 12.5. The summed E-state index contributed by atoms with van der Waals surface area (Å²) >= 11 is 0. The monoisotopic (exact) mass is 227 g/mol. The number of carbonyl (C=O) groups excluding carboxylic acids is 1. The Hall–Kier alpha value is -1.56. The fraction of sp³-hybridized carbons (Fsp3) is 0.600. The zero-order valence-electron chi connectivity index (χ0n) is 9.49. The van der Waals surface area contributed by atoms with Crippen LogP contribution in [-0.2, 0) is 0 Å². The second kappa shape index (κ2) is 6.12. The van der Waals surface area contributed by atoms with Gasteiger partial charge in [0.05, 0.1) is 0 Å². The van der Waals surface area contributed by atoms with E-state index in [4.69, 9.17) is 9.63 Å². The Morgan fingerprint density at radius 1 is 1.69 bits per heavy atom. The van der Waals surface area contributed by atoms with Crippen LogP contribution in [0.1, 0.15) is 25.5 Å². The highest BCUT2D eigenvalue weighted by atomic mass is 16.5. The molecule has 90 valence electrons. The van der Waals surface area contributed by atoms with Crippen LogP contribution in [0.4, 0.5) is 10.6 Å². The van der Waals surface area contributed by atoms with Gasteiger partial charge in [0.25, 0.3) is 0 Å². The van der Waals surface area contributed by atoms with E-state index < -0.39 is 0 Å². The van der Waals surface area contributed by atoms with Crippen LogP contribution in [-0.4, -0.2) is 28.9 Å². The van der Waals surface area contributed by atoms with Gasteiger partial charge in [-0.1, -0.05) is 5.16 Å². The molecule has 1 rings (SSSR count). The lowest BCUT2D eigenvalue weighted by Crippen LogP contribution is -2.36. The van der Waals surface area contributed by atoms with Crippen LogP contribution in [0.5, 0.6) is 0 Å². The maximum Gasteiger partial charge on any atom is 0.320 e. The number of hydrogen-bond donors (Lipinski definition) is 3. The summed E-state index contributed by atoms with van der Waals surface area (Å²) < 4.78 is 4.81. The molecule has 0 bridgehead atoms. The zero-order valence-corrected chi connectivity index (χ0v) is 9.49. The molecule has 0 fully saturated rings. The Morgan fingerprint density at radius 3 is 3.00 bits per heavy atom. The van der Waals surface area contributed by atoms with Crippen molar-refractivity contribution in [1.29, 1.82) is 0 Å². The standard InChI is InChI=1S/C10H17N3O3/c1-7(4-3-5-14)11-10(15)12-9-6-8(2)16-13-9/h6-7,14H,3-5H2,1-2H3,(H2,11,12,13,15). The first-order valence-corrected chi connectivity index (χ1v) is 5.23. The zero-order chi connectivity index (χ0) is 12.0. The molecular formula is C10H17N3O3. The highest BCUT2D eigenvalue weighted by Gasteiger charge is 2.08. The summed E-state index contributed by atoms with van der Waals surface area (Å²) in [5.74, 6) is 1.04. The molecular weight excluding hydrogens is 210 g/mol. The number of amides is 2. The first-order valence-electron chi connectivity index (χ1n) is 5.23. The number of aryl methyl sites for hydroxylation is 1. The molecule has 1 aromatic heterocycles. The van der Waals surface area contributed by atoms with Gasteiger partial charge < -0.3 is 14.9 Å². The molecule has 1 unspecified atom stereocenters. The van der Waals surface area contributed by atoms with Gasteiger partial charge in [0.1, 0.15) is 5.76 Å². The molecule has 6 nitrogen and oxygen atoms in total. The smallest absolute Gasteiger partial charge is 0.320 e. The Morgan fingerprint density at radius 2 is 2.44 bits per heavy atom. The summed E-state index contributed by atoms with van der Waals surface area (Å²) in [5.41, 5.74) is 0. The molecule has 16 heavy (non-hydrogen) atoms. The second-order valence-corrected chi connectivity index (χ2v) is 3.69. The minimum Gasteiger partial charge on any atom is -0.396 e. The van der Waals surface area contributed by atoms with Crippen LogP contribution in [0.25, 0.3) is 0 Å². The average molecular weight is 227 g/mol. The maximum atomic E-state index is 11.4. The highest BCUT2D eigenvalue weighted by Crippen LogP contribution is 2.06. The van der Waals surface area contributed by atoms with E-state index in [0.717, 1.165) is 6.42 Å². The molecule has 3 N–H and O–H groups in total. The third-order valence-corrected chi connectivity index (χ3v) is 2.04. The predicted molar refractivity (Wildman–Crippen MR) is 59.2 cm³/mol. The van der Waals surface area contributed by atoms with Crippen molar-refractivity contribution in [2.24, 2.45) is 0 Å². The van der Waals surface area contributed by atoms with Gasteiger partial charge in [0, 0.05) is 18.7 Å². The van der Waals surface area contributed by atoms with Crippen molar-refractivity contribution >= 4 is 11.8 Å². The van der Waals surface area contributed by atoms with Gasteiger partial charge in [-0.15, -0.1) is 0 Å². The fourth-order valence-corrected chi connectivity index (χ4v) is 1.27. The largest absolute Gasteiger partial charge is 0.396 e. The van der Waals surface area contributed by atoms with Gasteiger partial charge in [-0.2, -0.15) is 0 Å². The number of rotatable bonds is 5. The van der Waals surface area contributed by atoms with E-state index in [0.29, 0.717) is 18.0 Å². The van der Waals surface area contributed by atoms with E-state index in [9.17, 15) is 4.79 Å². The highest BCUT2D eigenvalue weighted by molar-refractivity contribution is 5.88. The predicted octanol–water partition coefficient (Wildman–Crippen LogP) is 1.27. The molecule has 1 atom stereocenters. The molecule has 0 aromatic carbocycles. The lowest BCUT2D eigenvalue weighted by molar-refractivity contribution is 0.245. The van der Waals surface area contributed by atoms with Crippen LogP contribution in [0, 0.1) is 6.92 Å². The van der Waals surface area contributed by atoms with E-state index in [-0.39, 0.29) is 18.7 Å². The van der Waals surface area contributed by atoms with Crippen molar-refractivity contribution in [1.82, 2.24) is 10.5 Å². The van der Waals surface area contributed by atoms with Crippen molar-refractivity contribution in [2.45, 2.75) is 32.7 Å². The minimum absolute atomic E-state index is 0.0140. The van der Waals surface area contributed by atoms with Crippen molar-refractivity contribution in [3.8, 4) is 0 Å². The van der Waals surface area contributed by atoms with Crippen molar-refractivity contribution in [3.63, 3.8) is 0 Å². The third-order valence-electron chi connectivity index (χ3n) is 2.04. The number of hydrogen-bond acceptors (Lipinski definition) is 4. The summed E-state index contributed by atoms with van der Waals surface area (Å²) in [7, 11) is 0. The number of aromatic nitrogens is 1. The van der Waals surface area contributed by atoms with Crippen molar-refractivity contribution < 1.29 is 14.4 Å². The Bertz CT molecular complexity index is 338. The quantitative estimate of drug-likeness (QED) is 0.706. The summed E-state index contributed by atoms with van der Waals surface area (Å²) in [6, 6.07) is 1.33. The number of carbonyl (C=O) groups is 1. The van der Waals surface area contributed by atoms with E-state index in [1.165, 1.54) is 0 Å². The SMILES string of the molecule is Cc1cc(NC(=O)NC(C)CCCO)no1. The number of aliphatic hydroxyl groups excluding tert-OH is 1. The summed E-state index contributed by atoms with van der Waals surface area (Å²) in [4.78, 5) is 11.4. The van der Waals surface area contributed by atoms with E-state index in [2.05, 4.69) is 15.8 Å². The van der Waals surface area contributed by atoms with E-state index in [1.54, 1.807) is 13.0 Å². The van der Waals surface area contributed by atoms with Crippen LogP contribution < -0.4 is 10.6 Å². The Labute approximate surface area is 94.0 Å². The molecule has 1 heterocycles. The lowest BCUT2D eigenvalue weighted by atomic mass is 10.2. The fourth-order valence-electron chi connectivity index (χ4n) is 1.27. The number of nitrogens with one attached hydrogen (secondary N) is 2. The molecule has 0 aliphatic rings. The van der Waals surface area contributed by atoms with Gasteiger partial charge in [-0.25, -0.2) is 4.79 Å². The summed E-state index contributed by atoms with van der Waals surface area (Å²) in [6.07, 6.45) is 1.41. The molecule has 0 saturated carbocycles. The topological polar surface area (TPSA) is 87.4 Å². The van der Waals surface area contributed by atoms with Gasteiger partial charge in [0.15, 0.2) is 5.82 Å². The molecule has 0 radical (unpaired) electrons. The van der Waals surface area contributed by atoms with E-state index in [1.807, 2.05) is 6.92 Å². The van der Waals surface area contributed by atoms with E-state index >= 15 is 0 Å². The summed E-state index contributed by atoms with van der Waals surface area (Å²) in [5, 5.41) is 17.6. The van der Waals surface area contributed by atoms with Gasteiger partial charge >= 0.3 is 6.03 Å². The number of nitrogens with zero attached hydrogens (tertiary/aromatic N) is 1. The van der Waals surface area contributed by atoms with Crippen LogP contribution in [0.2, 0.25) is 0 Å². The normalized spacial score (nSPS) is 12.2. The van der Waals surface area contributed by atoms with Gasteiger partial charge in [-0.3, -0.25) is 5.32 Å². The first-order chi connectivity index (χ1) is 7.61. The van der Waals surface area contributed by atoms with Gasteiger partial charge in [0.2, 0.25) is 0 Å². The molecule has 6 heteroatoms. The molecule has 0 saturated heterocycles. The van der Waals surface area contributed by atoms with Crippen molar-refractivity contribution in [2.75, 3.05) is 11.9 Å². The number of anilines is 1. The third kappa shape index (κ3) is 4.31. The molecule has 2 amide bonds. The molecule has 1 aromatic rings. The number of urea groups is 1. The van der Waals surface area contributed by atoms with Crippen LogP contribution in [0.15, 0.2) is 10.6 Å². The average Bonchev–Trinajstić information content (AvgIpc) is 2.60. The maximum absolute atomic E-state index is 11.4. The second-order valence-electron chi connectivity index (χ2n) is 3.69.